The first-order valence-electron chi connectivity index (χ1n) is 5.06. The van der Waals surface area contributed by atoms with E-state index in [2.05, 4.69) is 16.3 Å². The van der Waals surface area contributed by atoms with Crippen LogP contribution in [-0.4, -0.2) is 24.7 Å². The van der Waals surface area contributed by atoms with Crippen molar-refractivity contribution in [2.75, 3.05) is 13.7 Å². The molecule has 0 aliphatic rings. The van der Waals surface area contributed by atoms with E-state index in [1.807, 2.05) is 6.08 Å². The molecule has 0 unspecified atom stereocenters. The average molecular weight is 221 g/mol. The van der Waals surface area contributed by atoms with Gasteiger partial charge in [-0.2, -0.15) is 0 Å². The van der Waals surface area contributed by atoms with Crippen molar-refractivity contribution in [2.24, 2.45) is 0 Å². The number of rotatable bonds is 6. The van der Waals surface area contributed by atoms with E-state index in [9.17, 15) is 4.79 Å². The Labute approximate surface area is 94.9 Å². The van der Waals surface area contributed by atoms with E-state index in [0.717, 1.165) is 12.8 Å². The molecule has 1 rings (SSSR count). The van der Waals surface area contributed by atoms with Gasteiger partial charge in [0.2, 0.25) is 0 Å². The lowest BCUT2D eigenvalue weighted by molar-refractivity contribution is 0.0589. The van der Waals surface area contributed by atoms with E-state index in [1.54, 1.807) is 12.1 Å². The summed E-state index contributed by atoms with van der Waals surface area (Å²) in [4.78, 5) is 15.3. The standard InChI is InChI=1S/C12H15NO3/c1-3-4-5-9-16-10-7-6-8-13-11(10)12(14)15-2/h3,6-8H,1,4-5,9H2,2H3. The zero-order valence-electron chi connectivity index (χ0n) is 9.31. The molecule has 16 heavy (non-hydrogen) atoms. The Hall–Kier alpha value is -1.84. The Kier molecular flexibility index (Phi) is 5.05. The van der Waals surface area contributed by atoms with Crippen LogP contribution in [0.5, 0.6) is 5.75 Å². The van der Waals surface area contributed by atoms with Crippen molar-refractivity contribution in [3.63, 3.8) is 0 Å². The molecule has 0 radical (unpaired) electrons. The van der Waals surface area contributed by atoms with Crippen molar-refractivity contribution in [3.8, 4) is 5.75 Å². The molecule has 0 bridgehead atoms. The second-order valence-electron chi connectivity index (χ2n) is 3.12. The van der Waals surface area contributed by atoms with Gasteiger partial charge in [-0.05, 0) is 25.0 Å². The van der Waals surface area contributed by atoms with Gasteiger partial charge in [0.15, 0.2) is 11.4 Å². The maximum absolute atomic E-state index is 11.3. The first kappa shape index (κ1) is 12.2. The Morgan fingerprint density at radius 1 is 1.62 bits per heavy atom. The number of carbonyl (C=O) groups is 1. The van der Waals surface area contributed by atoms with E-state index in [1.165, 1.54) is 13.3 Å². The second-order valence-corrected chi connectivity index (χ2v) is 3.12. The third-order valence-corrected chi connectivity index (χ3v) is 1.96. The summed E-state index contributed by atoms with van der Waals surface area (Å²) < 4.78 is 10.1. The highest BCUT2D eigenvalue weighted by atomic mass is 16.5. The minimum atomic E-state index is -0.487. The number of esters is 1. The Morgan fingerprint density at radius 3 is 3.12 bits per heavy atom. The number of allylic oxidation sites excluding steroid dienone is 1. The smallest absolute Gasteiger partial charge is 0.360 e. The van der Waals surface area contributed by atoms with Crippen molar-refractivity contribution in [2.45, 2.75) is 12.8 Å². The average Bonchev–Trinajstić information content (AvgIpc) is 2.34. The molecule has 0 aliphatic heterocycles. The van der Waals surface area contributed by atoms with Crippen LogP contribution in [0.3, 0.4) is 0 Å². The molecule has 1 aromatic heterocycles. The monoisotopic (exact) mass is 221 g/mol. The van der Waals surface area contributed by atoms with E-state index in [4.69, 9.17) is 4.74 Å². The summed E-state index contributed by atoms with van der Waals surface area (Å²) in [6.45, 7) is 4.15. The molecular formula is C12H15NO3. The second kappa shape index (κ2) is 6.61. The summed E-state index contributed by atoms with van der Waals surface area (Å²) in [5.41, 5.74) is 0.212. The highest BCUT2D eigenvalue weighted by Gasteiger charge is 2.13. The van der Waals surface area contributed by atoms with Crippen LogP contribution in [0.15, 0.2) is 31.0 Å². The number of methoxy groups -OCH3 is 1. The topological polar surface area (TPSA) is 48.4 Å². The predicted octanol–water partition coefficient (Wildman–Crippen LogP) is 2.21. The largest absolute Gasteiger partial charge is 0.491 e. The van der Waals surface area contributed by atoms with E-state index < -0.39 is 5.97 Å². The number of ether oxygens (including phenoxy) is 2. The van der Waals surface area contributed by atoms with Crippen LogP contribution >= 0.6 is 0 Å². The molecule has 86 valence electrons. The Morgan fingerprint density at radius 2 is 2.44 bits per heavy atom. The summed E-state index contributed by atoms with van der Waals surface area (Å²) >= 11 is 0. The van der Waals surface area contributed by atoms with Gasteiger partial charge in [0.1, 0.15) is 0 Å². The lowest BCUT2D eigenvalue weighted by Crippen LogP contribution is -2.08. The molecule has 0 spiro atoms. The van der Waals surface area contributed by atoms with Crippen molar-refractivity contribution < 1.29 is 14.3 Å². The molecule has 0 amide bonds. The normalized spacial score (nSPS) is 9.56. The fourth-order valence-corrected chi connectivity index (χ4v) is 1.17. The molecular weight excluding hydrogens is 206 g/mol. The zero-order chi connectivity index (χ0) is 11.8. The first-order chi connectivity index (χ1) is 7.79. The van der Waals surface area contributed by atoms with E-state index in [-0.39, 0.29) is 5.69 Å². The van der Waals surface area contributed by atoms with Crippen LogP contribution < -0.4 is 4.74 Å². The van der Waals surface area contributed by atoms with Gasteiger partial charge in [-0.1, -0.05) is 6.08 Å². The van der Waals surface area contributed by atoms with Gasteiger partial charge in [-0.25, -0.2) is 9.78 Å². The number of hydrogen-bond acceptors (Lipinski definition) is 4. The third kappa shape index (κ3) is 3.38. The third-order valence-electron chi connectivity index (χ3n) is 1.96. The maximum Gasteiger partial charge on any atom is 0.360 e. The fraction of sp³-hybridized carbons (Fsp3) is 0.333. The van der Waals surface area contributed by atoms with Crippen molar-refractivity contribution in [1.82, 2.24) is 4.98 Å². The van der Waals surface area contributed by atoms with Crippen LogP contribution in [0.2, 0.25) is 0 Å². The molecule has 0 atom stereocenters. The molecule has 0 saturated carbocycles. The summed E-state index contributed by atoms with van der Waals surface area (Å²) in [7, 11) is 1.32. The molecule has 0 saturated heterocycles. The SMILES string of the molecule is C=CCCCOc1cccnc1C(=O)OC. The van der Waals surface area contributed by atoms with Gasteiger partial charge in [0.25, 0.3) is 0 Å². The van der Waals surface area contributed by atoms with Crippen LogP contribution in [0.1, 0.15) is 23.3 Å². The highest BCUT2D eigenvalue weighted by molar-refractivity contribution is 5.90. The summed E-state index contributed by atoms with van der Waals surface area (Å²) in [5.74, 6) is -0.0299. The molecule has 4 heteroatoms. The van der Waals surface area contributed by atoms with E-state index >= 15 is 0 Å². The van der Waals surface area contributed by atoms with Gasteiger partial charge < -0.3 is 9.47 Å². The van der Waals surface area contributed by atoms with Crippen LogP contribution in [0.25, 0.3) is 0 Å². The number of carbonyl (C=O) groups excluding carboxylic acids is 1. The van der Waals surface area contributed by atoms with Crippen molar-refractivity contribution >= 4 is 5.97 Å². The number of unbranched alkanes of at least 4 members (excludes halogenated alkanes) is 1. The molecule has 0 aliphatic carbocycles. The highest BCUT2D eigenvalue weighted by Crippen LogP contribution is 2.16. The minimum Gasteiger partial charge on any atom is -0.491 e. The lowest BCUT2D eigenvalue weighted by atomic mass is 10.3. The molecule has 1 aromatic rings. The summed E-state index contributed by atoms with van der Waals surface area (Å²) in [6, 6.07) is 3.42. The Balaban J connectivity index is 2.64. The van der Waals surface area contributed by atoms with Crippen molar-refractivity contribution in [3.05, 3.63) is 36.7 Å². The molecule has 0 aromatic carbocycles. The van der Waals surface area contributed by atoms with Gasteiger partial charge in [-0.15, -0.1) is 6.58 Å². The molecule has 4 nitrogen and oxygen atoms in total. The van der Waals surface area contributed by atoms with Gasteiger partial charge in [0, 0.05) is 6.20 Å². The first-order valence-corrected chi connectivity index (χ1v) is 5.06. The lowest BCUT2D eigenvalue weighted by Gasteiger charge is -2.08. The van der Waals surface area contributed by atoms with Crippen LogP contribution in [0.4, 0.5) is 0 Å². The minimum absolute atomic E-state index is 0.212. The van der Waals surface area contributed by atoms with E-state index in [0.29, 0.717) is 12.4 Å². The summed E-state index contributed by atoms with van der Waals surface area (Å²) in [6.07, 6.45) is 5.10. The maximum atomic E-state index is 11.3. The van der Waals surface area contributed by atoms with Crippen LogP contribution in [-0.2, 0) is 4.74 Å². The summed E-state index contributed by atoms with van der Waals surface area (Å²) in [5, 5.41) is 0. The molecule has 0 fully saturated rings. The quantitative estimate of drug-likeness (QED) is 0.420. The van der Waals surface area contributed by atoms with Gasteiger partial charge >= 0.3 is 5.97 Å². The number of hydrogen-bond donors (Lipinski definition) is 0. The molecule has 0 N–H and O–H groups in total. The number of aromatic nitrogens is 1. The zero-order valence-corrected chi connectivity index (χ0v) is 9.31. The van der Waals surface area contributed by atoms with Gasteiger partial charge in [0.05, 0.1) is 13.7 Å². The number of nitrogens with zero attached hydrogens (tertiary/aromatic N) is 1. The van der Waals surface area contributed by atoms with Crippen LogP contribution in [0, 0.1) is 0 Å². The predicted molar refractivity (Wildman–Crippen MR) is 60.5 cm³/mol. The Bertz CT molecular complexity index is 363. The van der Waals surface area contributed by atoms with Crippen molar-refractivity contribution in [1.29, 1.82) is 0 Å². The van der Waals surface area contributed by atoms with Gasteiger partial charge in [-0.3, -0.25) is 0 Å². The fourth-order valence-electron chi connectivity index (χ4n) is 1.17. The molecule has 1 heterocycles. The number of pyridine rings is 1.